The summed E-state index contributed by atoms with van der Waals surface area (Å²) >= 11 is 0. The van der Waals surface area contributed by atoms with E-state index in [-0.39, 0.29) is 41.1 Å². The van der Waals surface area contributed by atoms with Crippen LogP contribution in [0.1, 0.15) is 71.6 Å². The summed E-state index contributed by atoms with van der Waals surface area (Å²) in [7, 11) is 2.92. The fraction of sp³-hybridized carbons (Fsp3) is 0.364. The number of H-pyrrole nitrogens is 2. The van der Waals surface area contributed by atoms with Crippen LogP contribution in [0, 0.1) is 11.6 Å². The van der Waals surface area contributed by atoms with Gasteiger partial charge in [-0.05, 0) is 87.4 Å². The van der Waals surface area contributed by atoms with Crippen LogP contribution in [0.3, 0.4) is 0 Å². The van der Waals surface area contributed by atoms with E-state index in [9.17, 15) is 18.4 Å². The number of aromatic carboxylic acids is 1. The van der Waals surface area contributed by atoms with Crippen molar-refractivity contribution < 1.29 is 33.0 Å². The number of benzene rings is 2. The minimum absolute atomic E-state index is 0.0331. The molecule has 0 radical (unpaired) electrons. The number of piperazine rings is 2. The molecule has 15 heteroatoms. The first-order valence-corrected chi connectivity index (χ1v) is 19.7. The van der Waals surface area contributed by atoms with Gasteiger partial charge >= 0.3 is 5.97 Å². The zero-order valence-corrected chi connectivity index (χ0v) is 34.2. The SMILES string of the molecule is COc1nc2[nH]ccc2cc1C(=O)N1CCN([C@H](C)c2ccc(F)cc2)C[C@H]1C.COc1nc2[nH]ccc2cc1C(=O)O.C[C@@H]1CN([C@H](C)c2ccc(F)cc2)CCN1. The first-order chi connectivity index (χ1) is 28.4. The molecule has 4 atom stereocenters. The normalized spacial score (nSPS) is 18.3. The van der Waals surface area contributed by atoms with Gasteiger partial charge < -0.3 is 34.8 Å². The van der Waals surface area contributed by atoms with Crippen LogP contribution in [-0.2, 0) is 0 Å². The van der Waals surface area contributed by atoms with Gasteiger partial charge in [-0.2, -0.15) is 9.97 Å². The highest BCUT2D eigenvalue weighted by molar-refractivity contribution is 6.00. The Kier molecular flexibility index (Phi) is 13.9. The van der Waals surface area contributed by atoms with Gasteiger partial charge in [-0.1, -0.05) is 24.3 Å². The van der Waals surface area contributed by atoms with Gasteiger partial charge in [0.15, 0.2) is 0 Å². The second-order valence-corrected chi connectivity index (χ2v) is 14.9. The Hall–Kier alpha value is -5.90. The summed E-state index contributed by atoms with van der Waals surface area (Å²) in [5.41, 5.74) is 4.12. The van der Waals surface area contributed by atoms with E-state index >= 15 is 0 Å². The number of carboxylic acid groups (broad SMARTS) is 1. The molecule has 2 saturated heterocycles. The molecule has 6 aromatic rings. The summed E-state index contributed by atoms with van der Waals surface area (Å²) in [6, 6.07) is 21.6. The number of carbonyl (C=O) groups is 2. The minimum Gasteiger partial charge on any atom is -0.480 e. The standard InChI is InChI=1S/C22H25FN4O2.C13H19FN2.C9H8N2O3/c1-14-13-26(15(2)16-4-6-18(23)7-5-16)10-11-27(14)22(28)19-12-17-8-9-24-20(17)25-21(19)29-3;1-10-9-16(8-7-15-10)11(2)12-3-5-13(14)6-4-12;1-14-8-6(9(12)13)4-5-2-3-10-7(5)11-8/h4-9,12,14-15H,10-11,13H2,1-3H3,(H,24,25);3-6,10-11,15H,7-9H2,1-2H3;2-4H,1H3,(H,10,11)(H,12,13)/t14-,15-;10-,11-;/m11./s1. The molecule has 312 valence electrons. The summed E-state index contributed by atoms with van der Waals surface area (Å²) in [5.74, 6) is -1.06. The second-order valence-electron chi connectivity index (χ2n) is 14.9. The van der Waals surface area contributed by atoms with Crippen molar-refractivity contribution in [1.82, 2.24) is 40.0 Å². The van der Waals surface area contributed by atoms with E-state index in [0.29, 0.717) is 41.4 Å². The summed E-state index contributed by atoms with van der Waals surface area (Å²) in [4.78, 5) is 45.1. The zero-order chi connectivity index (χ0) is 42.2. The van der Waals surface area contributed by atoms with Crippen LogP contribution < -0.4 is 14.8 Å². The Morgan fingerprint density at radius 3 is 1.69 bits per heavy atom. The molecule has 0 aliphatic carbocycles. The van der Waals surface area contributed by atoms with Crippen molar-refractivity contribution in [1.29, 1.82) is 0 Å². The molecular weight excluding hydrogens is 759 g/mol. The average Bonchev–Trinajstić information content (AvgIpc) is 3.92. The van der Waals surface area contributed by atoms with Crippen LogP contribution in [0.5, 0.6) is 11.8 Å². The number of carbonyl (C=O) groups excluding carboxylic acids is 1. The number of hydrogen-bond donors (Lipinski definition) is 4. The molecule has 4 aromatic heterocycles. The van der Waals surface area contributed by atoms with Gasteiger partial charge in [0.2, 0.25) is 11.8 Å². The lowest BCUT2D eigenvalue weighted by Gasteiger charge is -2.42. The van der Waals surface area contributed by atoms with Gasteiger partial charge in [0.25, 0.3) is 5.91 Å². The number of halogens is 2. The molecule has 1 amide bonds. The van der Waals surface area contributed by atoms with Crippen LogP contribution in [-0.4, -0.2) is 117 Å². The largest absolute Gasteiger partial charge is 0.480 e. The van der Waals surface area contributed by atoms with Gasteiger partial charge in [-0.3, -0.25) is 14.6 Å². The second kappa shape index (κ2) is 19.2. The maximum atomic E-state index is 13.3. The van der Waals surface area contributed by atoms with E-state index in [1.807, 2.05) is 41.3 Å². The lowest BCUT2D eigenvalue weighted by Crippen LogP contribution is -2.54. The number of nitrogens with one attached hydrogen (secondary N) is 3. The van der Waals surface area contributed by atoms with Crippen molar-refractivity contribution in [3.8, 4) is 11.8 Å². The molecule has 59 heavy (non-hydrogen) atoms. The Labute approximate surface area is 342 Å². The van der Waals surface area contributed by atoms with Crippen LogP contribution in [0.2, 0.25) is 0 Å². The van der Waals surface area contributed by atoms with Gasteiger partial charge in [0, 0.05) is 86.6 Å². The number of pyridine rings is 2. The van der Waals surface area contributed by atoms with Crippen LogP contribution in [0.4, 0.5) is 8.78 Å². The van der Waals surface area contributed by atoms with Crippen molar-refractivity contribution in [3.05, 3.63) is 119 Å². The topological polar surface area (TPSA) is 152 Å². The molecule has 0 spiro atoms. The number of aromatic amines is 2. The van der Waals surface area contributed by atoms with Gasteiger partial charge in [-0.15, -0.1) is 0 Å². The third kappa shape index (κ3) is 10.2. The van der Waals surface area contributed by atoms with Crippen molar-refractivity contribution in [2.24, 2.45) is 0 Å². The van der Waals surface area contributed by atoms with Crippen molar-refractivity contribution in [2.45, 2.75) is 51.9 Å². The highest BCUT2D eigenvalue weighted by Crippen LogP contribution is 2.28. The van der Waals surface area contributed by atoms with E-state index in [1.165, 1.54) is 50.1 Å². The van der Waals surface area contributed by atoms with E-state index in [1.54, 1.807) is 18.5 Å². The monoisotopic (exact) mass is 810 g/mol. The number of ether oxygens (including phenoxy) is 2. The quantitative estimate of drug-likeness (QED) is 0.126. The van der Waals surface area contributed by atoms with Gasteiger partial charge in [0.05, 0.1) is 14.2 Å². The highest BCUT2D eigenvalue weighted by atomic mass is 19.1. The van der Waals surface area contributed by atoms with Crippen molar-refractivity contribution in [2.75, 3.05) is 53.5 Å². The predicted octanol–water partition coefficient (Wildman–Crippen LogP) is 7.07. The summed E-state index contributed by atoms with van der Waals surface area (Å²) in [6.45, 7) is 13.8. The average molecular weight is 811 g/mol. The highest BCUT2D eigenvalue weighted by Gasteiger charge is 2.32. The Balaban J connectivity index is 0.000000164. The molecule has 6 heterocycles. The molecule has 2 aromatic carbocycles. The van der Waals surface area contributed by atoms with Crippen LogP contribution >= 0.6 is 0 Å². The first-order valence-electron chi connectivity index (χ1n) is 19.7. The molecule has 0 saturated carbocycles. The molecular formula is C44H52F2N8O5. The van der Waals surface area contributed by atoms with Crippen LogP contribution in [0.15, 0.2) is 85.2 Å². The zero-order valence-electron chi connectivity index (χ0n) is 34.2. The Bertz CT molecular complexity index is 2330. The number of carboxylic acids is 1. The van der Waals surface area contributed by atoms with E-state index < -0.39 is 5.97 Å². The molecule has 0 bridgehead atoms. The summed E-state index contributed by atoms with van der Waals surface area (Å²) in [5, 5.41) is 13.9. The third-order valence-electron chi connectivity index (χ3n) is 11.0. The minimum atomic E-state index is -1.04. The smallest absolute Gasteiger partial charge is 0.341 e. The van der Waals surface area contributed by atoms with Crippen molar-refractivity contribution in [3.63, 3.8) is 0 Å². The molecule has 13 nitrogen and oxygen atoms in total. The third-order valence-corrected chi connectivity index (χ3v) is 11.0. The number of methoxy groups -OCH3 is 2. The Morgan fingerprint density at radius 2 is 1.22 bits per heavy atom. The number of fused-ring (bicyclic) bond motifs is 2. The molecule has 2 fully saturated rings. The fourth-order valence-corrected chi connectivity index (χ4v) is 7.56. The number of amides is 1. The van der Waals surface area contributed by atoms with E-state index in [0.717, 1.165) is 49.1 Å². The van der Waals surface area contributed by atoms with Crippen LogP contribution in [0.25, 0.3) is 22.1 Å². The fourth-order valence-electron chi connectivity index (χ4n) is 7.56. The van der Waals surface area contributed by atoms with Gasteiger partial charge in [0.1, 0.15) is 34.1 Å². The molecule has 2 aliphatic heterocycles. The number of hydrogen-bond acceptors (Lipinski definition) is 9. The number of rotatable bonds is 8. The lowest BCUT2D eigenvalue weighted by molar-refractivity contribution is 0.0402. The first kappa shape index (κ1) is 42.7. The molecule has 8 rings (SSSR count). The summed E-state index contributed by atoms with van der Waals surface area (Å²) in [6.07, 6.45) is 3.49. The number of aromatic nitrogens is 4. The molecule has 4 N–H and O–H groups in total. The molecule has 2 aliphatic rings. The van der Waals surface area contributed by atoms with E-state index in [2.05, 4.69) is 62.7 Å². The van der Waals surface area contributed by atoms with E-state index in [4.69, 9.17) is 14.6 Å². The number of nitrogens with zero attached hydrogens (tertiary/aromatic N) is 5. The maximum Gasteiger partial charge on any atom is 0.341 e. The molecule has 0 unspecified atom stereocenters. The van der Waals surface area contributed by atoms with Crippen molar-refractivity contribution >= 4 is 33.9 Å². The predicted molar refractivity (Wildman–Crippen MR) is 223 cm³/mol. The maximum absolute atomic E-state index is 13.3. The lowest BCUT2D eigenvalue weighted by atomic mass is 10.0. The van der Waals surface area contributed by atoms with Gasteiger partial charge in [-0.25, -0.2) is 13.6 Å². The Morgan fingerprint density at radius 1 is 0.729 bits per heavy atom. The summed E-state index contributed by atoms with van der Waals surface area (Å²) < 4.78 is 36.3.